The maximum absolute atomic E-state index is 12.9. The molecular formula is C19H14N2O2. The predicted octanol–water partition coefficient (Wildman–Crippen LogP) is 2.93. The van der Waals surface area contributed by atoms with Crippen molar-refractivity contribution in [3.05, 3.63) is 66.4 Å². The first-order valence-corrected chi connectivity index (χ1v) is 7.77. The molecule has 2 aliphatic heterocycles. The number of rotatable bonds is 1. The molecule has 2 aliphatic rings. The van der Waals surface area contributed by atoms with Gasteiger partial charge in [0, 0.05) is 17.8 Å². The predicted molar refractivity (Wildman–Crippen MR) is 87.1 cm³/mol. The highest BCUT2D eigenvalue weighted by Gasteiger charge is 2.53. The van der Waals surface area contributed by atoms with E-state index in [4.69, 9.17) is 0 Å². The number of benzene rings is 2. The number of imide groups is 1. The largest absolute Gasteiger partial charge is 0.343 e. The van der Waals surface area contributed by atoms with Gasteiger partial charge in [0.1, 0.15) is 0 Å². The molecular weight excluding hydrogens is 288 g/mol. The van der Waals surface area contributed by atoms with E-state index in [1.54, 1.807) is 0 Å². The normalized spacial score (nSPS) is 22.7. The maximum Gasteiger partial charge on any atom is 0.243 e. The van der Waals surface area contributed by atoms with E-state index >= 15 is 0 Å². The van der Waals surface area contributed by atoms with E-state index in [1.807, 2.05) is 54.6 Å². The summed E-state index contributed by atoms with van der Waals surface area (Å²) in [5, 5.41) is 1.12. The first-order valence-electron chi connectivity index (χ1n) is 7.77. The SMILES string of the molecule is O=C1C2Cn3c(cc4ccccc43)C2C(=O)N1c1ccccc1. The zero-order valence-corrected chi connectivity index (χ0v) is 12.3. The molecule has 1 fully saturated rings. The van der Waals surface area contributed by atoms with Crippen molar-refractivity contribution >= 4 is 28.4 Å². The molecule has 0 N–H and O–H groups in total. The minimum atomic E-state index is -0.352. The van der Waals surface area contributed by atoms with Gasteiger partial charge >= 0.3 is 0 Å². The summed E-state index contributed by atoms with van der Waals surface area (Å²) in [6.07, 6.45) is 0. The number of fused-ring (bicyclic) bond motifs is 5. The molecule has 112 valence electrons. The lowest BCUT2D eigenvalue weighted by atomic mass is 9.95. The lowest BCUT2D eigenvalue weighted by molar-refractivity contribution is -0.122. The second-order valence-corrected chi connectivity index (χ2v) is 6.17. The lowest BCUT2D eigenvalue weighted by Crippen LogP contribution is -2.32. The Morgan fingerprint density at radius 1 is 0.870 bits per heavy atom. The van der Waals surface area contributed by atoms with E-state index in [-0.39, 0.29) is 23.7 Å². The maximum atomic E-state index is 12.9. The fraction of sp³-hybridized carbons (Fsp3) is 0.158. The van der Waals surface area contributed by atoms with E-state index in [1.165, 1.54) is 4.90 Å². The third kappa shape index (κ3) is 1.55. The van der Waals surface area contributed by atoms with Gasteiger partial charge in [-0.25, -0.2) is 4.90 Å². The van der Waals surface area contributed by atoms with Crippen LogP contribution in [0.2, 0.25) is 0 Å². The summed E-state index contributed by atoms with van der Waals surface area (Å²) >= 11 is 0. The van der Waals surface area contributed by atoms with Crippen molar-refractivity contribution in [2.75, 3.05) is 4.90 Å². The Balaban J connectivity index is 1.64. The fourth-order valence-corrected chi connectivity index (χ4v) is 3.97. The van der Waals surface area contributed by atoms with Crippen molar-refractivity contribution in [3.8, 4) is 0 Å². The number of amides is 2. The molecule has 1 saturated heterocycles. The molecule has 4 heteroatoms. The number of carbonyl (C=O) groups is 2. The van der Waals surface area contributed by atoms with Gasteiger partial charge in [0.2, 0.25) is 11.8 Å². The van der Waals surface area contributed by atoms with E-state index in [0.717, 1.165) is 16.6 Å². The van der Waals surface area contributed by atoms with Crippen molar-refractivity contribution in [3.63, 3.8) is 0 Å². The van der Waals surface area contributed by atoms with Crippen molar-refractivity contribution in [1.29, 1.82) is 0 Å². The standard InChI is InChI=1S/C19H14N2O2/c22-18-14-11-20-15-9-5-4-6-12(15)10-16(20)17(14)19(23)21(18)13-7-2-1-3-8-13/h1-10,14,17H,11H2. The van der Waals surface area contributed by atoms with Gasteiger partial charge in [-0.3, -0.25) is 9.59 Å². The summed E-state index contributed by atoms with van der Waals surface area (Å²) in [4.78, 5) is 27.1. The van der Waals surface area contributed by atoms with Crippen LogP contribution in [0.1, 0.15) is 11.6 Å². The molecule has 2 aromatic carbocycles. The summed E-state index contributed by atoms with van der Waals surface area (Å²) in [5.41, 5.74) is 2.73. The molecule has 0 aliphatic carbocycles. The Bertz CT molecular complexity index is 958. The Morgan fingerprint density at radius 2 is 1.61 bits per heavy atom. The van der Waals surface area contributed by atoms with Crippen LogP contribution < -0.4 is 4.90 Å². The van der Waals surface area contributed by atoms with Crippen LogP contribution in [0.15, 0.2) is 60.7 Å². The molecule has 4 nitrogen and oxygen atoms in total. The highest BCUT2D eigenvalue weighted by Crippen LogP contribution is 2.45. The second kappa shape index (κ2) is 4.32. The van der Waals surface area contributed by atoms with Crippen molar-refractivity contribution in [1.82, 2.24) is 4.57 Å². The summed E-state index contributed by atoms with van der Waals surface area (Å²) in [6, 6.07) is 19.3. The summed E-state index contributed by atoms with van der Waals surface area (Å²) in [5.74, 6) is -0.816. The van der Waals surface area contributed by atoms with Gasteiger partial charge in [-0.2, -0.15) is 0 Å². The minimum Gasteiger partial charge on any atom is -0.343 e. The van der Waals surface area contributed by atoms with Crippen LogP contribution in [0.3, 0.4) is 0 Å². The van der Waals surface area contributed by atoms with E-state index in [0.29, 0.717) is 12.2 Å². The van der Waals surface area contributed by atoms with E-state index in [2.05, 4.69) is 10.6 Å². The highest BCUT2D eigenvalue weighted by atomic mass is 16.2. The molecule has 0 radical (unpaired) electrons. The molecule has 23 heavy (non-hydrogen) atoms. The monoisotopic (exact) mass is 302 g/mol. The number of nitrogens with zero attached hydrogens (tertiary/aromatic N) is 2. The first-order chi connectivity index (χ1) is 11.3. The van der Waals surface area contributed by atoms with Crippen LogP contribution in [0.4, 0.5) is 5.69 Å². The Kier molecular flexibility index (Phi) is 2.37. The molecule has 3 heterocycles. The molecule has 2 unspecified atom stereocenters. The van der Waals surface area contributed by atoms with Crippen LogP contribution in [0.5, 0.6) is 0 Å². The van der Waals surface area contributed by atoms with Crippen LogP contribution in [0.25, 0.3) is 10.9 Å². The average molecular weight is 302 g/mol. The molecule has 0 bridgehead atoms. The number of aromatic nitrogens is 1. The van der Waals surface area contributed by atoms with Gasteiger partial charge in [-0.1, -0.05) is 36.4 Å². The number of hydrogen-bond donors (Lipinski definition) is 0. The van der Waals surface area contributed by atoms with Gasteiger partial charge in [0.25, 0.3) is 0 Å². The van der Waals surface area contributed by atoms with Crippen LogP contribution >= 0.6 is 0 Å². The highest BCUT2D eigenvalue weighted by molar-refractivity contribution is 6.24. The molecule has 3 aromatic rings. The third-order valence-electron chi connectivity index (χ3n) is 4.98. The Hall–Kier alpha value is -2.88. The number of anilines is 1. The van der Waals surface area contributed by atoms with Gasteiger partial charge in [0.15, 0.2) is 0 Å². The number of para-hydroxylation sites is 2. The molecule has 1 aromatic heterocycles. The molecule has 2 atom stereocenters. The summed E-state index contributed by atoms with van der Waals surface area (Å²) in [7, 11) is 0. The lowest BCUT2D eigenvalue weighted by Gasteiger charge is -2.16. The summed E-state index contributed by atoms with van der Waals surface area (Å²) < 4.78 is 2.13. The van der Waals surface area contributed by atoms with Crippen molar-refractivity contribution < 1.29 is 9.59 Å². The third-order valence-corrected chi connectivity index (χ3v) is 4.98. The number of hydrogen-bond acceptors (Lipinski definition) is 2. The quantitative estimate of drug-likeness (QED) is 0.649. The Labute approximate surface area is 132 Å². The van der Waals surface area contributed by atoms with Crippen molar-refractivity contribution in [2.24, 2.45) is 5.92 Å². The average Bonchev–Trinajstić information content (AvgIpc) is 3.18. The van der Waals surface area contributed by atoms with Gasteiger partial charge in [0.05, 0.1) is 17.5 Å². The van der Waals surface area contributed by atoms with Gasteiger partial charge < -0.3 is 4.57 Å². The van der Waals surface area contributed by atoms with Gasteiger partial charge in [-0.15, -0.1) is 0 Å². The number of carbonyl (C=O) groups excluding carboxylic acids is 2. The second-order valence-electron chi connectivity index (χ2n) is 6.17. The molecule has 0 spiro atoms. The summed E-state index contributed by atoms with van der Waals surface area (Å²) in [6.45, 7) is 0.585. The van der Waals surface area contributed by atoms with Crippen LogP contribution in [-0.2, 0) is 16.1 Å². The van der Waals surface area contributed by atoms with Crippen LogP contribution in [-0.4, -0.2) is 16.4 Å². The first kappa shape index (κ1) is 12.6. The zero-order chi connectivity index (χ0) is 15.6. The van der Waals surface area contributed by atoms with Crippen LogP contribution in [0, 0.1) is 5.92 Å². The Morgan fingerprint density at radius 3 is 2.43 bits per heavy atom. The smallest absolute Gasteiger partial charge is 0.243 e. The molecule has 5 rings (SSSR count). The minimum absolute atomic E-state index is 0.0843. The molecule has 2 amide bonds. The van der Waals surface area contributed by atoms with Crippen molar-refractivity contribution in [2.45, 2.75) is 12.5 Å². The molecule has 0 saturated carbocycles. The van der Waals surface area contributed by atoms with Gasteiger partial charge in [-0.05, 0) is 29.7 Å². The zero-order valence-electron chi connectivity index (χ0n) is 12.3. The van der Waals surface area contributed by atoms with E-state index < -0.39 is 0 Å². The van der Waals surface area contributed by atoms with E-state index in [9.17, 15) is 9.59 Å². The fourth-order valence-electron chi connectivity index (χ4n) is 3.97. The topological polar surface area (TPSA) is 42.3 Å².